The minimum absolute atomic E-state index is 0.229. The van der Waals surface area contributed by atoms with Gasteiger partial charge in [0.15, 0.2) is 0 Å². The van der Waals surface area contributed by atoms with E-state index in [4.69, 9.17) is 0 Å². The first-order valence-corrected chi connectivity index (χ1v) is 11.5. The second-order valence-corrected chi connectivity index (χ2v) is 10.1. The molecule has 1 saturated carbocycles. The lowest BCUT2D eigenvalue weighted by molar-refractivity contribution is -0.142. The van der Waals surface area contributed by atoms with Gasteiger partial charge in [-0.05, 0) is 33.1 Å². The van der Waals surface area contributed by atoms with Crippen LogP contribution in [0.5, 0.6) is 0 Å². The monoisotopic (exact) mass is 396 g/mol. The minimum Gasteiger partial charge on any atom is -0.343 e. The molecule has 0 unspecified atom stereocenters. The Balaban J connectivity index is 0.000000528. The molecule has 2 amide bonds. The molecule has 4 heteroatoms. The van der Waals surface area contributed by atoms with Crippen molar-refractivity contribution in [3.63, 3.8) is 0 Å². The molecular formula is C24H48N2O2. The summed E-state index contributed by atoms with van der Waals surface area (Å²) in [5, 5.41) is 0. The third-order valence-electron chi connectivity index (χ3n) is 5.35. The van der Waals surface area contributed by atoms with Crippen molar-refractivity contribution < 1.29 is 9.59 Å². The Bertz CT molecular complexity index is 454. The molecule has 0 spiro atoms. The Kier molecular flexibility index (Phi) is 12.0. The summed E-state index contributed by atoms with van der Waals surface area (Å²) >= 11 is 0. The summed E-state index contributed by atoms with van der Waals surface area (Å²) in [4.78, 5) is 28.1. The number of carbonyl (C=O) groups is 2. The Hall–Kier alpha value is -1.06. The third kappa shape index (κ3) is 9.43. The van der Waals surface area contributed by atoms with Gasteiger partial charge in [0.1, 0.15) is 0 Å². The lowest BCUT2D eigenvalue weighted by atomic mass is 9.89. The third-order valence-corrected chi connectivity index (χ3v) is 5.35. The molecule has 0 radical (unpaired) electrons. The van der Waals surface area contributed by atoms with E-state index in [0.29, 0.717) is 11.9 Å². The summed E-state index contributed by atoms with van der Waals surface area (Å²) in [5.74, 6) is 0.584. The van der Waals surface area contributed by atoms with Crippen LogP contribution in [0.4, 0.5) is 0 Å². The number of hydrogen-bond acceptors (Lipinski definition) is 2. The normalized spacial score (nSPS) is 15.5. The van der Waals surface area contributed by atoms with Crippen LogP contribution in [0.15, 0.2) is 0 Å². The van der Waals surface area contributed by atoms with Gasteiger partial charge >= 0.3 is 0 Å². The fourth-order valence-corrected chi connectivity index (χ4v) is 3.62. The van der Waals surface area contributed by atoms with Gasteiger partial charge in [0.25, 0.3) is 0 Å². The van der Waals surface area contributed by atoms with Gasteiger partial charge in [-0.1, -0.05) is 74.1 Å². The molecule has 1 fully saturated rings. The predicted molar refractivity (Wildman–Crippen MR) is 120 cm³/mol. The quantitative estimate of drug-likeness (QED) is 0.561. The molecule has 0 bridgehead atoms. The Morgan fingerprint density at radius 3 is 1.64 bits per heavy atom. The standard InChI is InChI=1S/C13H25NO.C11H23NO/c1-5-14(12(15)13(2,3)4)11-9-7-6-8-10-11;1-6-8-9-12(7-2)10(13)11(3,4)5/h11H,5-10H2,1-4H3;6-9H2,1-5H3. The van der Waals surface area contributed by atoms with Crippen molar-refractivity contribution >= 4 is 11.8 Å². The van der Waals surface area contributed by atoms with Gasteiger partial charge in [-0.3, -0.25) is 9.59 Å². The van der Waals surface area contributed by atoms with Gasteiger partial charge in [0, 0.05) is 36.5 Å². The average Bonchev–Trinajstić information content (AvgIpc) is 2.62. The molecule has 0 saturated heterocycles. The van der Waals surface area contributed by atoms with Crippen molar-refractivity contribution in [1.29, 1.82) is 0 Å². The van der Waals surface area contributed by atoms with E-state index in [-0.39, 0.29) is 16.7 Å². The van der Waals surface area contributed by atoms with E-state index in [1.165, 1.54) is 32.1 Å². The molecule has 4 nitrogen and oxygen atoms in total. The summed E-state index contributed by atoms with van der Waals surface area (Å²) in [5.41, 5.74) is -0.461. The highest BCUT2D eigenvalue weighted by atomic mass is 16.2. The molecule has 0 N–H and O–H groups in total. The van der Waals surface area contributed by atoms with Crippen LogP contribution < -0.4 is 0 Å². The van der Waals surface area contributed by atoms with Gasteiger partial charge in [0.2, 0.25) is 11.8 Å². The second-order valence-electron chi connectivity index (χ2n) is 10.1. The van der Waals surface area contributed by atoms with Crippen LogP contribution in [0, 0.1) is 10.8 Å². The van der Waals surface area contributed by atoms with Crippen LogP contribution in [0.1, 0.15) is 107 Å². The van der Waals surface area contributed by atoms with Crippen LogP contribution in [0.3, 0.4) is 0 Å². The number of unbranched alkanes of at least 4 members (excludes halogenated alkanes) is 1. The number of carbonyl (C=O) groups excluding carboxylic acids is 2. The van der Waals surface area contributed by atoms with Gasteiger partial charge in [-0.15, -0.1) is 0 Å². The largest absolute Gasteiger partial charge is 0.343 e. The zero-order chi connectivity index (χ0) is 22.0. The highest BCUT2D eigenvalue weighted by molar-refractivity contribution is 5.82. The SMILES string of the molecule is CCCCN(CC)C(=O)C(C)(C)C.CCN(C(=O)C(C)(C)C)C1CCCCC1. The maximum Gasteiger partial charge on any atom is 0.228 e. The number of rotatable bonds is 6. The highest BCUT2D eigenvalue weighted by Crippen LogP contribution is 2.26. The molecule has 0 aromatic carbocycles. The van der Waals surface area contributed by atoms with Gasteiger partial charge in [-0.2, -0.15) is 0 Å². The maximum absolute atomic E-state index is 12.2. The molecule has 0 aromatic rings. The van der Waals surface area contributed by atoms with Gasteiger partial charge in [-0.25, -0.2) is 0 Å². The van der Waals surface area contributed by atoms with E-state index in [2.05, 4.69) is 18.7 Å². The highest BCUT2D eigenvalue weighted by Gasteiger charge is 2.31. The fourth-order valence-electron chi connectivity index (χ4n) is 3.62. The lowest BCUT2D eigenvalue weighted by Crippen LogP contribution is -2.46. The molecule has 0 heterocycles. The van der Waals surface area contributed by atoms with Gasteiger partial charge in [0.05, 0.1) is 0 Å². The maximum atomic E-state index is 12.2. The summed E-state index contributed by atoms with van der Waals surface area (Å²) < 4.78 is 0. The molecule has 166 valence electrons. The van der Waals surface area contributed by atoms with Crippen molar-refractivity contribution in [2.45, 2.75) is 113 Å². The van der Waals surface area contributed by atoms with Crippen LogP contribution in [-0.2, 0) is 9.59 Å². The summed E-state index contributed by atoms with van der Waals surface area (Å²) in [6, 6.07) is 0.510. The first-order valence-electron chi connectivity index (χ1n) is 11.5. The Labute approximate surface area is 175 Å². The first-order chi connectivity index (χ1) is 12.9. The molecule has 0 aliphatic heterocycles. The topological polar surface area (TPSA) is 40.6 Å². The van der Waals surface area contributed by atoms with E-state index in [0.717, 1.165) is 32.5 Å². The minimum atomic E-state index is -0.232. The van der Waals surface area contributed by atoms with Crippen LogP contribution >= 0.6 is 0 Å². The zero-order valence-corrected chi connectivity index (χ0v) is 20.4. The molecule has 1 aliphatic rings. The van der Waals surface area contributed by atoms with Crippen molar-refractivity contribution in [2.75, 3.05) is 19.6 Å². The smallest absolute Gasteiger partial charge is 0.228 e. The van der Waals surface area contributed by atoms with E-state index >= 15 is 0 Å². The van der Waals surface area contributed by atoms with Crippen molar-refractivity contribution in [3.8, 4) is 0 Å². The number of amides is 2. The first kappa shape index (κ1) is 26.9. The van der Waals surface area contributed by atoms with Crippen LogP contribution in [-0.4, -0.2) is 47.3 Å². The summed E-state index contributed by atoms with van der Waals surface area (Å²) in [6.07, 6.45) is 8.59. The molecular weight excluding hydrogens is 348 g/mol. The molecule has 1 rings (SSSR count). The fraction of sp³-hybridized carbons (Fsp3) is 0.917. The van der Waals surface area contributed by atoms with Crippen molar-refractivity contribution in [3.05, 3.63) is 0 Å². The lowest BCUT2D eigenvalue weighted by Gasteiger charge is -2.37. The van der Waals surface area contributed by atoms with Crippen molar-refractivity contribution in [2.24, 2.45) is 10.8 Å². The van der Waals surface area contributed by atoms with E-state index in [9.17, 15) is 9.59 Å². The van der Waals surface area contributed by atoms with E-state index in [1.807, 2.05) is 53.4 Å². The van der Waals surface area contributed by atoms with E-state index in [1.54, 1.807) is 0 Å². The van der Waals surface area contributed by atoms with Crippen molar-refractivity contribution in [1.82, 2.24) is 9.80 Å². The Morgan fingerprint density at radius 2 is 1.29 bits per heavy atom. The van der Waals surface area contributed by atoms with Crippen LogP contribution in [0.2, 0.25) is 0 Å². The summed E-state index contributed by atoms with van der Waals surface area (Å²) in [6.45, 7) is 20.9. The molecule has 28 heavy (non-hydrogen) atoms. The molecule has 0 atom stereocenters. The Morgan fingerprint density at radius 1 is 0.786 bits per heavy atom. The number of hydrogen-bond donors (Lipinski definition) is 0. The molecule has 0 aromatic heterocycles. The second kappa shape index (κ2) is 12.5. The predicted octanol–water partition coefficient (Wildman–Crippen LogP) is 5.89. The zero-order valence-electron chi connectivity index (χ0n) is 20.4. The summed E-state index contributed by atoms with van der Waals surface area (Å²) in [7, 11) is 0. The number of nitrogens with zero attached hydrogens (tertiary/aromatic N) is 2. The average molecular weight is 397 g/mol. The van der Waals surface area contributed by atoms with Crippen LogP contribution in [0.25, 0.3) is 0 Å². The van der Waals surface area contributed by atoms with E-state index < -0.39 is 0 Å². The molecule has 1 aliphatic carbocycles. The van der Waals surface area contributed by atoms with Gasteiger partial charge < -0.3 is 9.80 Å².